The summed E-state index contributed by atoms with van der Waals surface area (Å²) in [5.41, 5.74) is 2.26. The number of rotatable bonds is 8. The molecular weight excluding hydrogens is 450 g/mol. The van der Waals surface area contributed by atoms with Crippen molar-refractivity contribution in [1.29, 1.82) is 0 Å². The molecule has 0 aliphatic rings. The van der Waals surface area contributed by atoms with Crippen LogP contribution in [0, 0.1) is 6.92 Å². The molecule has 8 nitrogen and oxygen atoms in total. The number of amides is 1. The van der Waals surface area contributed by atoms with E-state index in [4.69, 9.17) is 4.74 Å². The summed E-state index contributed by atoms with van der Waals surface area (Å²) in [6.45, 7) is 7.68. The van der Waals surface area contributed by atoms with Gasteiger partial charge in [-0.3, -0.25) is 14.3 Å². The Bertz CT molecular complexity index is 1360. The van der Waals surface area contributed by atoms with Crippen LogP contribution in [0.4, 0.5) is 5.69 Å². The number of para-hydroxylation sites is 1. The van der Waals surface area contributed by atoms with E-state index in [2.05, 4.69) is 15.3 Å². The first-order valence-corrected chi connectivity index (χ1v) is 12.0. The van der Waals surface area contributed by atoms with E-state index in [0.29, 0.717) is 28.7 Å². The van der Waals surface area contributed by atoms with E-state index in [1.54, 1.807) is 17.9 Å². The lowest BCUT2D eigenvalue weighted by atomic mass is 10.2. The van der Waals surface area contributed by atoms with Gasteiger partial charge in [0.25, 0.3) is 17.2 Å². The van der Waals surface area contributed by atoms with Gasteiger partial charge in [0.1, 0.15) is 12.1 Å². The molecule has 0 aliphatic carbocycles. The zero-order chi connectivity index (χ0) is 24.2. The molecule has 9 heteroatoms. The number of thioether (sulfide) groups is 1. The highest BCUT2D eigenvalue weighted by atomic mass is 32.2. The second-order valence-electron chi connectivity index (χ2n) is 8.26. The minimum Gasteiger partial charge on any atom is -0.481 e. The van der Waals surface area contributed by atoms with Gasteiger partial charge in [0.2, 0.25) is 0 Å². The smallest absolute Gasteiger partial charge is 0.274 e. The average molecular weight is 478 g/mol. The van der Waals surface area contributed by atoms with Gasteiger partial charge in [-0.1, -0.05) is 29.8 Å². The number of nitrogens with zero attached hydrogens (tertiary/aromatic N) is 4. The summed E-state index contributed by atoms with van der Waals surface area (Å²) >= 11 is 1.49. The van der Waals surface area contributed by atoms with Gasteiger partial charge >= 0.3 is 0 Å². The number of hydrogen-bond donors (Lipinski definition) is 1. The summed E-state index contributed by atoms with van der Waals surface area (Å²) in [5, 5.41) is 2.95. The van der Waals surface area contributed by atoms with Crippen molar-refractivity contribution < 1.29 is 9.53 Å². The van der Waals surface area contributed by atoms with Gasteiger partial charge in [-0.25, -0.2) is 4.98 Å². The summed E-state index contributed by atoms with van der Waals surface area (Å²) in [6, 6.07) is 16.7. The molecular formula is C25H27N5O3S. The molecule has 0 spiro atoms. The third-order valence-electron chi connectivity index (χ3n) is 5.21. The lowest BCUT2D eigenvalue weighted by Crippen LogP contribution is -2.30. The Morgan fingerprint density at radius 3 is 2.59 bits per heavy atom. The molecule has 0 radical (unpaired) electrons. The summed E-state index contributed by atoms with van der Waals surface area (Å²) in [5.74, 6) is 1.23. The van der Waals surface area contributed by atoms with Crippen LogP contribution in [0.5, 0.6) is 5.75 Å². The van der Waals surface area contributed by atoms with Crippen molar-refractivity contribution in [2.75, 3.05) is 5.32 Å². The number of fused-ring (bicyclic) bond motifs is 1. The van der Waals surface area contributed by atoms with E-state index in [1.165, 1.54) is 22.3 Å². The lowest BCUT2D eigenvalue weighted by Gasteiger charge is -2.16. The van der Waals surface area contributed by atoms with Crippen molar-refractivity contribution in [3.63, 3.8) is 0 Å². The maximum atomic E-state index is 12.7. The molecule has 0 aliphatic heterocycles. The lowest BCUT2D eigenvalue weighted by molar-refractivity contribution is -0.122. The van der Waals surface area contributed by atoms with E-state index in [1.807, 2.05) is 69.3 Å². The highest BCUT2D eigenvalue weighted by molar-refractivity contribution is 7.98. The first-order valence-electron chi connectivity index (χ1n) is 11.0. The largest absolute Gasteiger partial charge is 0.481 e. The molecule has 1 unspecified atom stereocenters. The van der Waals surface area contributed by atoms with Gasteiger partial charge in [-0.05, 0) is 52.0 Å². The number of carbonyl (C=O) groups is 1. The third kappa shape index (κ3) is 5.31. The molecule has 2 aromatic heterocycles. The number of ether oxygens (including phenoxy) is 1. The van der Waals surface area contributed by atoms with Gasteiger partial charge in [-0.15, -0.1) is 11.8 Å². The standard InChI is InChI=1S/C25H27N5O3S/c1-16(2)29-15-26-25-27-19(13-23(31)30(25)29)14-34-22-8-6-5-7-21(22)28-24(32)18(4)33-20-11-9-17(3)10-12-20/h5-13,15-16,18H,14H2,1-4H3,(H,28,32). The number of nitrogens with one attached hydrogen (secondary N) is 1. The monoisotopic (exact) mass is 477 g/mol. The van der Waals surface area contributed by atoms with Crippen LogP contribution in [0.3, 0.4) is 0 Å². The van der Waals surface area contributed by atoms with E-state index < -0.39 is 6.10 Å². The number of carbonyl (C=O) groups excluding carboxylic acids is 1. The zero-order valence-corrected chi connectivity index (χ0v) is 20.4. The Hall–Kier alpha value is -3.59. The van der Waals surface area contributed by atoms with Crippen molar-refractivity contribution in [3.8, 4) is 5.75 Å². The predicted octanol–water partition coefficient (Wildman–Crippen LogP) is 4.48. The Kier molecular flexibility index (Phi) is 7.02. The molecule has 1 atom stereocenters. The van der Waals surface area contributed by atoms with E-state index in [-0.39, 0.29) is 17.5 Å². The maximum absolute atomic E-state index is 12.7. The fraction of sp³-hybridized carbons (Fsp3) is 0.280. The van der Waals surface area contributed by atoms with Crippen LogP contribution >= 0.6 is 11.8 Å². The van der Waals surface area contributed by atoms with Gasteiger partial charge in [0, 0.05) is 22.8 Å². The second kappa shape index (κ2) is 10.1. The van der Waals surface area contributed by atoms with Crippen LogP contribution in [0.15, 0.2) is 70.6 Å². The number of hydrogen-bond acceptors (Lipinski definition) is 6. The van der Waals surface area contributed by atoms with Crippen LogP contribution in [-0.2, 0) is 10.5 Å². The third-order valence-corrected chi connectivity index (χ3v) is 6.31. The average Bonchev–Trinajstić information content (AvgIpc) is 3.25. The summed E-state index contributed by atoms with van der Waals surface area (Å²) in [7, 11) is 0. The molecule has 2 heterocycles. The highest BCUT2D eigenvalue weighted by Crippen LogP contribution is 2.29. The fourth-order valence-corrected chi connectivity index (χ4v) is 4.27. The van der Waals surface area contributed by atoms with Crippen molar-refractivity contribution >= 4 is 29.1 Å². The normalized spacial score (nSPS) is 12.1. The second-order valence-corrected chi connectivity index (χ2v) is 9.28. The number of aromatic nitrogens is 4. The van der Waals surface area contributed by atoms with Crippen molar-refractivity contribution in [2.45, 2.75) is 50.5 Å². The van der Waals surface area contributed by atoms with Crippen LogP contribution in [0.25, 0.3) is 5.78 Å². The summed E-state index contributed by atoms with van der Waals surface area (Å²) in [6.07, 6.45) is 0.955. The molecule has 1 amide bonds. The van der Waals surface area contributed by atoms with Crippen LogP contribution < -0.4 is 15.6 Å². The predicted molar refractivity (Wildman–Crippen MR) is 134 cm³/mol. The van der Waals surface area contributed by atoms with E-state index >= 15 is 0 Å². The van der Waals surface area contributed by atoms with Crippen LogP contribution in [-0.4, -0.2) is 31.2 Å². The Labute approximate surface area is 202 Å². The van der Waals surface area contributed by atoms with Crippen molar-refractivity contribution in [2.24, 2.45) is 0 Å². The molecule has 0 fully saturated rings. The van der Waals surface area contributed by atoms with Crippen molar-refractivity contribution in [1.82, 2.24) is 19.2 Å². The van der Waals surface area contributed by atoms with Gasteiger partial charge in [-0.2, -0.15) is 9.50 Å². The number of anilines is 1. The Morgan fingerprint density at radius 2 is 1.85 bits per heavy atom. The number of benzene rings is 2. The van der Waals surface area contributed by atoms with Crippen LogP contribution in [0.1, 0.15) is 38.1 Å². The summed E-state index contributed by atoms with van der Waals surface area (Å²) < 4.78 is 9.00. The molecule has 34 heavy (non-hydrogen) atoms. The quantitative estimate of drug-likeness (QED) is 0.376. The molecule has 1 N–H and O–H groups in total. The molecule has 0 saturated carbocycles. The highest BCUT2D eigenvalue weighted by Gasteiger charge is 2.17. The van der Waals surface area contributed by atoms with Crippen molar-refractivity contribution in [3.05, 3.63) is 82.5 Å². The Morgan fingerprint density at radius 1 is 1.12 bits per heavy atom. The topological polar surface area (TPSA) is 90.5 Å². The van der Waals surface area contributed by atoms with Gasteiger partial charge in [0.15, 0.2) is 6.10 Å². The first-order chi connectivity index (χ1) is 16.3. The van der Waals surface area contributed by atoms with E-state index in [0.717, 1.165) is 10.5 Å². The maximum Gasteiger partial charge on any atom is 0.274 e. The SMILES string of the molecule is Cc1ccc(OC(C)C(=O)Nc2ccccc2SCc2cc(=O)n3c(ncn3C(C)C)n2)cc1. The molecule has 0 saturated heterocycles. The molecule has 4 rings (SSSR count). The van der Waals surface area contributed by atoms with Crippen LogP contribution in [0.2, 0.25) is 0 Å². The minimum absolute atomic E-state index is 0.0950. The number of aryl methyl sites for hydroxylation is 1. The molecule has 176 valence electrons. The minimum atomic E-state index is -0.666. The van der Waals surface area contributed by atoms with Gasteiger partial charge in [0.05, 0.1) is 11.4 Å². The molecule has 4 aromatic rings. The summed E-state index contributed by atoms with van der Waals surface area (Å²) in [4.78, 5) is 35.0. The first kappa shape index (κ1) is 23.6. The van der Waals surface area contributed by atoms with E-state index in [9.17, 15) is 9.59 Å². The fourth-order valence-electron chi connectivity index (χ4n) is 3.37. The zero-order valence-electron chi connectivity index (χ0n) is 19.6. The Balaban J connectivity index is 1.45. The molecule has 2 aromatic carbocycles. The molecule has 0 bridgehead atoms. The van der Waals surface area contributed by atoms with Gasteiger partial charge < -0.3 is 10.1 Å².